The molecule has 10 nitrogen and oxygen atoms in total. The third kappa shape index (κ3) is 4.14. The molecule has 0 unspecified atom stereocenters. The van der Waals surface area contributed by atoms with Gasteiger partial charge in [-0.1, -0.05) is 0 Å². The zero-order chi connectivity index (χ0) is 25.1. The molecule has 182 valence electrons. The third-order valence-corrected chi connectivity index (χ3v) is 5.59. The lowest BCUT2D eigenvalue weighted by Crippen LogP contribution is -2.01. The molecule has 0 saturated carbocycles. The second-order valence-corrected chi connectivity index (χ2v) is 7.33. The zero-order valence-electron chi connectivity index (χ0n) is 20.3. The SMILES string of the molecule is COc1cc(OC)c(-c2cc(-c3cc(OC)c(OC)c(OC)c3)nc3ncnc(N)c23)cc1OC. The van der Waals surface area contributed by atoms with Gasteiger partial charge in [0.05, 0.1) is 53.7 Å². The summed E-state index contributed by atoms with van der Waals surface area (Å²) in [5.74, 6) is 3.36. The predicted molar refractivity (Wildman–Crippen MR) is 132 cm³/mol. The van der Waals surface area contributed by atoms with E-state index in [-0.39, 0.29) is 5.82 Å². The van der Waals surface area contributed by atoms with Crippen molar-refractivity contribution in [3.63, 3.8) is 0 Å². The smallest absolute Gasteiger partial charge is 0.203 e. The molecule has 0 aliphatic carbocycles. The van der Waals surface area contributed by atoms with E-state index in [0.29, 0.717) is 62.4 Å². The van der Waals surface area contributed by atoms with Gasteiger partial charge in [0.1, 0.15) is 17.9 Å². The van der Waals surface area contributed by atoms with E-state index < -0.39 is 0 Å². The molecule has 0 radical (unpaired) electrons. The summed E-state index contributed by atoms with van der Waals surface area (Å²) in [4.78, 5) is 13.3. The Hall–Kier alpha value is -4.47. The van der Waals surface area contributed by atoms with E-state index >= 15 is 0 Å². The van der Waals surface area contributed by atoms with Crippen molar-refractivity contribution in [2.45, 2.75) is 0 Å². The van der Waals surface area contributed by atoms with Gasteiger partial charge >= 0.3 is 0 Å². The Balaban J connectivity index is 2.07. The van der Waals surface area contributed by atoms with Crippen molar-refractivity contribution in [2.75, 3.05) is 48.4 Å². The Kier molecular flexibility index (Phi) is 6.63. The van der Waals surface area contributed by atoms with E-state index in [1.807, 2.05) is 24.3 Å². The second-order valence-electron chi connectivity index (χ2n) is 7.33. The number of nitrogens with two attached hydrogens (primary N) is 1. The highest BCUT2D eigenvalue weighted by Gasteiger charge is 2.21. The van der Waals surface area contributed by atoms with Crippen LogP contribution in [0.3, 0.4) is 0 Å². The van der Waals surface area contributed by atoms with Crippen molar-refractivity contribution in [1.82, 2.24) is 15.0 Å². The summed E-state index contributed by atoms with van der Waals surface area (Å²) >= 11 is 0. The molecule has 0 amide bonds. The molecule has 2 heterocycles. The number of nitrogen functional groups attached to an aromatic ring is 1. The van der Waals surface area contributed by atoms with Crippen LogP contribution in [0.4, 0.5) is 5.82 Å². The van der Waals surface area contributed by atoms with Crippen LogP contribution in [0.2, 0.25) is 0 Å². The highest BCUT2D eigenvalue weighted by atomic mass is 16.5. The zero-order valence-corrected chi connectivity index (χ0v) is 20.3. The standard InChI is InChI=1S/C25H26N4O6/c1-30-17-11-19(32-3)18(31-2)10-14(17)15-9-16(29-25-22(15)24(26)27-12-28-25)13-7-20(33-4)23(35-6)21(8-13)34-5/h7-12H,1-6H3,(H2,26,27,28,29). The quantitative estimate of drug-likeness (QED) is 0.398. The van der Waals surface area contributed by atoms with Gasteiger partial charge in [-0.15, -0.1) is 0 Å². The van der Waals surface area contributed by atoms with Crippen molar-refractivity contribution in [2.24, 2.45) is 0 Å². The maximum Gasteiger partial charge on any atom is 0.203 e. The molecule has 0 saturated heterocycles. The van der Waals surface area contributed by atoms with Crippen molar-refractivity contribution < 1.29 is 28.4 Å². The first-order chi connectivity index (χ1) is 17.0. The molecule has 2 aromatic heterocycles. The van der Waals surface area contributed by atoms with Gasteiger partial charge in [0.15, 0.2) is 28.6 Å². The first-order valence-corrected chi connectivity index (χ1v) is 10.5. The predicted octanol–water partition coefficient (Wildman–Crippen LogP) is 3.99. The average Bonchev–Trinajstić information content (AvgIpc) is 2.90. The van der Waals surface area contributed by atoms with E-state index in [1.165, 1.54) is 6.33 Å². The highest BCUT2D eigenvalue weighted by Crippen LogP contribution is 2.45. The van der Waals surface area contributed by atoms with Gasteiger partial charge in [-0.25, -0.2) is 15.0 Å². The van der Waals surface area contributed by atoms with Crippen LogP contribution in [0.5, 0.6) is 34.5 Å². The summed E-state index contributed by atoms with van der Waals surface area (Å²) in [6.45, 7) is 0. The van der Waals surface area contributed by atoms with Crippen LogP contribution in [0.1, 0.15) is 0 Å². The van der Waals surface area contributed by atoms with E-state index in [0.717, 1.165) is 5.56 Å². The topological polar surface area (TPSA) is 120 Å². The molecule has 0 aliphatic rings. The second kappa shape index (κ2) is 9.80. The van der Waals surface area contributed by atoms with Crippen LogP contribution in [0.25, 0.3) is 33.4 Å². The summed E-state index contributed by atoms with van der Waals surface area (Å²) < 4.78 is 33.2. The van der Waals surface area contributed by atoms with E-state index in [1.54, 1.807) is 48.7 Å². The number of ether oxygens (including phenoxy) is 6. The van der Waals surface area contributed by atoms with Gasteiger partial charge in [-0.05, 0) is 24.3 Å². The summed E-state index contributed by atoms with van der Waals surface area (Å²) in [6, 6.07) is 9.08. The summed E-state index contributed by atoms with van der Waals surface area (Å²) in [5, 5.41) is 0.578. The number of benzene rings is 2. The van der Waals surface area contributed by atoms with E-state index in [4.69, 9.17) is 39.1 Å². The molecule has 2 aromatic carbocycles. The minimum atomic E-state index is 0.283. The number of anilines is 1. The molecule has 35 heavy (non-hydrogen) atoms. The Morgan fingerprint density at radius 2 is 1.20 bits per heavy atom. The number of methoxy groups -OCH3 is 6. The summed E-state index contributed by atoms with van der Waals surface area (Å²) in [6.07, 6.45) is 1.37. The molecule has 0 aliphatic heterocycles. The average molecular weight is 479 g/mol. The molecule has 0 fully saturated rings. The van der Waals surface area contributed by atoms with Crippen LogP contribution < -0.4 is 34.2 Å². The van der Waals surface area contributed by atoms with Gasteiger partial charge in [0.2, 0.25) is 5.75 Å². The van der Waals surface area contributed by atoms with Crippen LogP contribution in [-0.2, 0) is 0 Å². The number of aromatic nitrogens is 3. The minimum absolute atomic E-state index is 0.283. The van der Waals surface area contributed by atoms with Crippen LogP contribution in [-0.4, -0.2) is 57.6 Å². The molecular weight excluding hydrogens is 452 g/mol. The molecule has 0 spiro atoms. The first-order valence-electron chi connectivity index (χ1n) is 10.5. The number of hydrogen-bond donors (Lipinski definition) is 1. The van der Waals surface area contributed by atoms with Gasteiger partial charge in [-0.3, -0.25) is 0 Å². The normalized spacial score (nSPS) is 10.7. The van der Waals surface area contributed by atoms with Crippen LogP contribution in [0.15, 0.2) is 36.7 Å². The van der Waals surface area contributed by atoms with Gasteiger partial charge in [-0.2, -0.15) is 0 Å². The Morgan fingerprint density at radius 3 is 1.77 bits per heavy atom. The third-order valence-electron chi connectivity index (χ3n) is 5.59. The van der Waals surface area contributed by atoms with Gasteiger partial charge < -0.3 is 34.2 Å². The molecular formula is C25H26N4O6. The van der Waals surface area contributed by atoms with Crippen molar-refractivity contribution >= 4 is 16.9 Å². The number of rotatable bonds is 8. The Bertz CT molecular complexity index is 1370. The van der Waals surface area contributed by atoms with Gasteiger partial charge in [0.25, 0.3) is 0 Å². The van der Waals surface area contributed by atoms with Crippen LogP contribution in [0, 0.1) is 0 Å². The lowest BCUT2D eigenvalue weighted by atomic mass is 9.98. The molecule has 0 bridgehead atoms. The lowest BCUT2D eigenvalue weighted by molar-refractivity contribution is 0.324. The maximum atomic E-state index is 6.29. The Morgan fingerprint density at radius 1 is 0.600 bits per heavy atom. The number of hydrogen-bond acceptors (Lipinski definition) is 10. The first kappa shape index (κ1) is 23.7. The van der Waals surface area contributed by atoms with Crippen molar-refractivity contribution in [3.8, 4) is 56.9 Å². The molecule has 10 heteroatoms. The Labute approximate surface area is 202 Å². The monoisotopic (exact) mass is 478 g/mol. The molecule has 4 rings (SSSR count). The fourth-order valence-corrected chi connectivity index (χ4v) is 3.92. The molecule has 2 N–H and O–H groups in total. The van der Waals surface area contributed by atoms with Crippen LogP contribution >= 0.6 is 0 Å². The maximum absolute atomic E-state index is 6.29. The van der Waals surface area contributed by atoms with Gasteiger partial charge in [0, 0.05) is 22.8 Å². The van der Waals surface area contributed by atoms with Crippen molar-refractivity contribution in [3.05, 3.63) is 36.7 Å². The highest BCUT2D eigenvalue weighted by molar-refractivity contribution is 6.02. The number of fused-ring (bicyclic) bond motifs is 1. The lowest BCUT2D eigenvalue weighted by Gasteiger charge is -2.17. The van der Waals surface area contributed by atoms with E-state index in [9.17, 15) is 0 Å². The molecule has 4 aromatic rings. The summed E-state index contributed by atoms with van der Waals surface area (Å²) in [7, 11) is 9.37. The van der Waals surface area contributed by atoms with E-state index in [2.05, 4.69) is 9.97 Å². The summed E-state index contributed by atoms with van der Waals surface area (Å²) in [5.41, 5.74) is 9.42. The fourth-order valence-electron chi connectivity index (χ4n) is 3.92. The largest absolute Gasteiger partial charge is 0.496 e. The van der Waals surface area contributed by atoms with Crippen molar-refractivity contribution in [1.29, 1.82) is 0 Å². The minimum Gasteiger partial charge on any atom is -0.496 e. The number of pyridine rings is 1. The molecule has 0 atom stereocenters. The number of nitrogens with zero attached hydrogens (tertiary/aromatic N) is 3. The fraction of sp³-hybridized carbons (Fsp3) is 0.240.